The Kier molecular flexibility index (Phi) is 6.17. The molecule has 0 spiro atoms. The fourth-order valence-corrected chi connectivity index (χ4v) is 3.93. The van der Waals surface area contributed by atoms with Crippen LogP contribution in [-0.2, 0) is 6.54 Å². The van der Waals surface area contributed by atoms with E-state index in [-0.39, 0.29) is 0 Å². The number of nitrogens with one attached hydrogen (secondary N) is 2. The summed E-state index contributed by atoms with van der Waals surface area (Å²) in [6.07, 6.45) is 8.01. The SMILES string of the molecule is Brc1ccccc1CNc1cc(-c2ccccn2)nc(NC2CCCCC2)n1. The van der Waals surface area contributed by atoms with E-state index in [1.807, 2.05) is 42.5 Å². The Bertz CT molecular complexity index is 910. The third-order valence-corrected chi connectivity index (χ3v) is 5.78. The molecule has 1 saturated carbocycles. The number of hydrogen-bond donors (Lipinski definition) is 2. The standard InChI is InChI=1S/C22H24BrN5/c23-18-11-5-4-8-16(18)15-25-21-14-20(19-12-6-7-13-24-19)27-22(28-21)26-17-9-2-1-3-10-17/h4-8,11-14,17H,1-3,9-10,15H2,(H2,25,26,27,28). The van der Waals surface area contributed by atoms with E-state index in [4.69, 9.17) is 9.97 Å². The second-order valence-electron chi connectivity index (χ2n) is 7.10. The number of halogens is 1. The molecule has 0 amide bonds. The molecule has 1 aromatic carbocycles. The van der Waals surface area contributed by atoms with Crippen LogP contribution in [0.15, 0.2) is 59.2 Å². The number of aromatic nitrogens is 3. The van der Waals surface area contributed by atoms with Gasteiger partial charge in [-0.1, -0.05) is 59.5 Å². The Morgan fingerprint density at radius 1 is 0.929 bits per heavy atom. The maximum Gasteiger partial charge on any atom is 0.225 e. The Morgan fingerprint density at radius 2 is 1.75 bits per heavy atom. The van der Waals surface area contributed by atoms with Crippen LogP contribution in [-0.4, -0.2) is 21.0 Å². The lowest BCUT2D eigenvalue weighted by molar-refractivity contribution is 0.461. The van der Waals surface area contributed by atoms with Gasteiger partial charge in [-0.15, -0.1) is 0 Å². The molecule has 1 aliphatic carbocycles. The lowest BCUT2D eigenvalue weighted by atomic mass is 9.96. The first-order valence-electron chi connectivity index (χ1n) is 9.82. The van der Waals surface area contributed by atoms with E-state index in [1.165, 1.54) is 37.7 Å². The molecule has 1 aliphatic rings. The van der Waals surface area contributed by atoms with E-state index in [0.717, 1.165) is 21.7 Å². The zero-order valence-electron chi connectivity index (χ0n) is 15.7. The normalized spacial score (nSPS) is 14.6. The molecule has 3 aromatic rings. The van der Waals surface area contributed by atoms with Crippen LogP contribution in [0.2, 0.25) is 0 Å². The fourth-order valence-electron chi connectivity index (χ4n) is 3.50. The van der Waals surface area contributed by atoms with E-state index >= 15 is 0 Å². The summed E-state index contributed by atoms with van der Waals surface area (Å²) in [5.41, 5.74) is 2.85. The summed E-state index contributed by atoms with van der Waals surface area (Å²) in [5, 5.41) is 6.98. The van der Waals surface area contributed by atoms with Gasteiger partial charge in [-0.2, -0.15) is 4.98 Å². The van der Waals surface area contributed by atoms with E-state index in [1.54, 1.807) is 6.20 Å². The molecule has 0 aliphatic heterocycles. The van der Waals surface area contributed by atoms with Gasteiger partial charge in [0.15, 0.2) is 0 Å². The topological polar surface area (TPSA) is 62.7 Å². The second-order valence-corrected chi connectivity index (χ2v) is 7.96. The van der Waals surface area contributed by atoms with Gasteiger partial charge in [0.1, 0.15) is 5.82 Å². The van der Waals surface area contributed by atoms with Crippen molar-refractivity contribution in [2.75, 3.05) is 10.6 Å². The summed E-state index contributed by atoms with van der Waals surface area (Å²) in [6.45, 7) is 0.683. The number of hydrogen-bond acceptors (Lipinski definition) is 5. The van der Waals surface area contributed by atoms with Crippen molar-refractivity contribution in [3.05, 3.63) is 64.8 Å². The first-order chi connectivity index (χ1) is 13.8. The van der Waals surface area contributed by atoms with Crippen LogP contribution in [0.1, 0.15) is 37.7 Å². The third kappa shape index (κ3) is 4.87. The minimum absolute atomic E-state index is 0.448. The highest BCUT2D eigenvalue weighted by Gasteiger charge is 2.16. The lowest BCUT2D eigenvalue weighted by Crippen LogP contribution is -2.23. The first-order valence-corrected chi connectivity index (χ1v) is 10.6. The molecular formula is C22H24BrN5. The van der Waals surface area contributed by atoms with Gasteiger partial charge < -0.3 is 10.6 Å². The highest BCUT2D eigenvalue weighted by molar-refractivity contribution is 9.10. The van der Waals surface area contributed by atoms with Crippen LogP contribution in [0, 0.1) is 0 Å². The van der Waals surface area contributed by atoms with Gasteiger partial charge in [0, 0.05) is 29.3 Å². The quantitative estimate of drug-likeness (QED) is 0.520. The largest absolute Gasteiger partial charge is 0.366 e. The maximum atomic E-state index is 4.74. The Balaban J connectivity index is 1.58. The molecule has 0 radical (unpaired) electrons. The highest BCUT2D eigenvalue weighted by atomic mass is 79.9. The molecule has 2 aromatic heterocycles. The molecule has 2 N–H and O–H groups in total. The Morgan fingerprint density at radius 3 is 2.54 bits per heavy atom. The minimum Gasteiger partial charge on any atom is -0.366 e. The molecule has 144 valence electrons. The summed E-state index contributed by atoms with van der Waals surface area (Å²) in [7, 11) is 0. The van der Waals surface area contributed by atoms with Crippen LogP contribution in [0.4, 0.5) is 11.8 Å². The summed E-state index contributed by atoms with van der Waals surface area (Å²) < 4.78 is 1.09. The van der Waals surface area contributed by atoms with Crippen molar-refractivity contribution in [2.45, 2.75) is 44.7 Å². The van der Waals surface area contributed by atoms with Crippen molar-refractivity contribution in [2.24, 2.45) is 0 Å². The summed E-state index contributed by atoms with van der Waals surface area (Å²) in [6, 6.07) is 16.5. The van der Waals surface area contributed by atoms with Crippen molar-refractivity contribution in [1.82, 2.24) is 15.0 Å². The van der Waals surface area contributed by atoms with Crippen molar-refractivity contribution >= 4 is 27.7 Å². The van der Waals surface area contributed by atoms with E-state index in [2.05, 4.69) is 37.6 Å². The van der Waals surface area contributed by atoms with Crippen LogP contribution < -0.4 is 10.6 Å². The van der Waals surface area contributed by atoms with Crippen LogP contribution >= 0.6 is 15.9 Å². The predicted octanol–water partition coefficient (Wildman–Crippen LogP) is 5.66. The van der Waals surface area contributed by atoms with Crippen LogP contribution in [0.5, 0.6) is 0 Å². The molecule has 0 unspecified atom stereocenters. The zero-order chi connectivity index (χ0) is 19.2. The smallest absolute Gasteiger partial charge is 0.225 e. The second kappa shape index (κ2) is 9.15. The molecule has 28 heavy (non-hydrogen) atoms. The van der Waals surface area contributed by atoms with Gasteiger partial charge in [-0.25, -0.2) is 4.98 Å². The molecule has 0 bridgehead atoms. The minimum atomic E-state index is 0.448. The van der Waals surface area contributed by atoms with Gasteiger partial charge in [-0.3, -0.25) is 4.98 Å². The fraction of sp³-hybridized carbons (Fsp3) is 0.318. The van der Waals surface area contributed by atoms with Crippen molar-refractivity contribution in [3.8, 4) is 11.4 Å². The van der Waals surface area contributed by atoms with E-state index < -0.39 is 0 Å². The molecule has 0 atom stereocenters. The van der Waals surface area contributed by atoms with Crippen LogP contribution in [0.25, 0.3) is 11.4 Å². The van der Waals surface area contributed by atoms with Gasteiger partial charge >= 0.3 is 0 Å². The molecule has 1 fully saturated rings. The number of nitrogens with zero attached hydrogens (tertiary/aromatic N) is 3. The lowest BCUT2D eigenvalue weighted by Gasteiger charge is -2.23. The molecular weight excluding hydrogens is 414 g/mol. The molecule has 5 nitrogen and oxygen atoms in total. The Labute approximate surface area is 174 Å². The first kappa shape index (κ1) is 18.9. The molecule has 2 heterocycles. The monoisotopic (exact) mass is 437 g/mol. The maximum absolute atomic E-state index is 4.74. The van der Waals surface area contributed by atoms with Crippen molar-refractivity contribution < 1.29 is 0 Å². The van der Waals surface area contributed by atoms with Gasteiger partial charge in [0.2, 0.25) is 5.95 Å². The van der Waals surface area contributed by atoms with Crippen molar-refractivity contribution in [1.29, 1.82) is 0 Å². The number of anilines is 2. The van der Waals surface area contributed by atoms with E-state index in [0.29, 0.717) is 18.5 Å². The van der Waals surface area contributed by atoms with Gasteiger partial charge in [-0.05, 0) is 36.6 Å². The third-order valence-electron chi connectivity index (χ3n) is 5.01. The molecule has 6 heteroatoms. The molecule has 4 rings (SSSR count). The average Bonchev–Trinajstić information content (AvgIpc) is 2.74. The highest BCUT2D eigenvalue weighted by Crippen LogP contribution is 2.24. The van der Waals surface area contributed by atoms with Gasteiger partial charge in [0.25, 0.3) is 0 Å². The number of rotatable bonds is 6. The van der Waals surface area contributed by atoms with Gasteiger partial charge in [0.05, 0.1) is 11.4 Å². The van der Waals surface area contributed by atoms with Crippen LogP contribution in [0.3, 0.4) is 0 Å². The molecule has 0 saturated heterocycles. The average molecular weight is 438 g/mol. The number of benzene rings is 1. The summed E-state index contributed by atoms with van der Waals surface area (Å²) >= 11 is 3.61. The number of pyridine rings is 1. The van der Waals surface area contributed by atoms with E-state index in [9.17, 15) is 0 Å². The predicted molar refractivity (Wildman–Crippen MR) is 117 cm³/mol. The van der Waals surface area contributed by atoms with Crippen molar-refractivity contribution in [3.63, 3.8) is 0 Å². The zero-order valence-corrected chi connectivity index (χ0v) is 17.3. The summed E-state index contributed by atoms with van der Waals surface area (Å²) in [5.74, 6) is 1.47. The summed E-state index contributed by atoms with van der Waals surface area (Å²) in [4.78, 5) is 13.9. The Hall–Kier alpha value is -2.47.